The summed E-state index contributed by atoms with van der Waals surface area (Å²) < 4.78 is 16.1. The van der Waals surface area contributed by atoms with Crippen molar-refractivity contribution in [1.29, 1.82) is 5.26 Å². The van der Waals surface area contributed by atoms with Gasteiger partial charge in [0.15, 0.2) is 13.1 Å². The zero-order valence-electron chi connectivity index (χ0n) is 9.07. The predicted octanol–water partition coefficient (Wildman–Crippen LogP) is 2.67. The lowest BCUT2D eigenvalue weighted by Gasteiger charge is -2.12. The summed E-state index contributed by atoms with van der Waals surface area (Å²) in [6.45, 7) is 1.87. The van der Waals surface area contributed by atoms with E-state index in [9.17, 15) is 0 Å². The van der Waals surface area contributed by atoms with Crippen molar-refractivity contribution < 1.29 is 14.2 Å². The van der Waals surface area contributed by atoms with Gasteiger partial charge in [-0.15, -0.1) is 0 Å². The Kier molecular flexibility index (Phi) is 5.26. The Morgan fingerprint density at radius 3 is 2.81 bits per heavy atom. The van der Waals surface area contributed by atoms with Crippen LogP contribution in [0, 0.1) is 11.3 Å². The van der Waals surface area contributed by atoms with Gasteiger partial charge in [0.2, 0.25) is 0 Å². The van der Waals surface area contributed by atoms with E-state index >= 15 is 0 Å². The molecule has 0 saturated heterocycles. The smallest absolute Gasteiger partial charge is 0.191 e. The van der Waals surface area contributed by atoms with E-state index in [1.54, 1.807) is 32.2 Å². The molecule has 0 aromatic heterocycles. The van der Waals surface area contributed by atoms with Gasteiger partial charge in [-0.2, -0.15) is 5.26 Å². The molecule has 0 fully saturated rings. The van der Waals surface area contributed by atoms with Crippen LogP contribution in [-0.4, -0.2) is 20.2 Å². The van der Waals surface area contributed by atoms with Crippen LogP contribution in [0.5, 0.6) is 5.75 Å². The van der Waals surface area contributed by atoms with Gasteiger partial charge >= 0.3 is 0 Å². The molecule has 0 heterocycles. The molecular formula is C11H12BrNO3. The number of ether oxygens (including phenoxy) is 3. The molecule has 4 nitrogen and oxygen atoms in total. The fraction of sp³-hybridized carbons (Fsp3) is 0.364. The molecule has 1 aromatic carbocycles. The summed E-state index contributed by atoms with van der Waals surface area (Å²) in [7, 11) is 1.56. The topological polar surface area (TPSA) is 51.5 Å². The van der Waals surface area contributed by atoms with Gasteiger partial charge in [-0.3, -0.25) is 0 Å². The first kappa shape index (κ1) is 13.0. The Morgan fingerprint density at radius 1 is 1.50 bits per heavy atom. The molecule has 0 aliphatic heterocycles. The summed E-state index contributed by atoms with van der Waals surface area (Å²) in [5, 5.41) is 8.68. The van der Waals surface area contributed by atoms with Crippen molar-refractivity contribution in [2.75, 3.05) is 13.9 Å². The van der Waals surface area contributed by atoms with E-state index in [1.807, 2.05) is 6.07 Å². The molecule has 1 rings (SSSR count). The SMILES string of the molecule is COC(C)OCOc1ccc(C#N)cc1Br. The zero-order valence-corrected chi connectivity index (χ0v) is 10.7. The first-order valence-electron chi connectivity index (χ1n) is 4.64. The molecule has 0 radical (unpaired) electrons. The molecule has 0 aliphatic rings. The summed E-state index contributed by atoms with van der Waals surface area (Å²) in [6.07, 6.45) is -0.308. The van der Waals surface area contributed by atoms with Crippen LogP contribution in [0.4, 0.5) is 0 Å². The number of benzene rings is 1. The Morgan fingerprint density at radius 2 is 2.25 bits per heavy atom. The third-order valence-electron chi connectivity index (χ3n) is 1.91. The van der Waals surface area contributed by atoms with Gasteiger partial charge in [-0.25, -0.2) is 0 Å². The van der Waals surface area contributed by atoms with E-state index in [0.717, 1.165) is 4.47 Å². The van der Waals surface area contributed by atoms with Crippen LogP contribution < -0.4 is 4.74 Å². The molecule has 0 aliphatic carbocycles. The first-order chi connectivity index (χ1) is 7.67. The number of rotatable bonds is 5. The highest BCUT2D eigenvalue weighted by molar-refractivity contribution is 9.10. The minimum atomic E-state index is -0.308. The van der Waals surface area contributed by atoms with Gasteiger partial charge in [0, 0.05) is 7.11 Å². The van der Waals surface area contributed by atoms with Crippen molar-refractivity contribution in [2.24, 2.45) is 0 Å². The van der Waals surface area contributed by atoms with Crippen LogP contribution in [0.15, 0.2) is 22.7 Å². The zero-order chi connectivity index (χ0) is 12.0. The van der Waals surface area contributed by atoms with E-state index in [-0.39, 0.29) is 13.1 Å². The molecule has 1 atom stereocenters. The molecule has 0 saturated carbocycles. The van der Waals surface area contributed by atoms with E-state index in [4.69, 9.17) is 19.5 Å². The van der Waals surface area contributed by atoms with Crippen LogP contribution in [0.3, 0.4) is 0 Å². The number of hydrogen-bond acceptors (Lipinski definition) is 4. The first-order valence-corrected chi connectivity index (χ1v) is 5.43. The van der Waals surface area contributed by atoms with Crippen molar-refractivity contribution in [1.82, 2.24) is 0 Å². The maximum Gasteiger partial charge on any atom is 0.191 e. The second kappa shape index (κ2) is 6.48. The summed E-state index contributed by atoms with van der Waals surface area (Å²) in [5.74, 6) is 0.627. The van der Waals surface area contributed by atoms with E-state index in [1.165, 1.54) is 0 Å². The minimum absolute atomic E-state index is 0.0967. The number of methoxy groups -OCH3 is 1. The Bertz CT molecular complexity index is 389. The second-order valence-electron chi connectivity index (χ2n) is 2.99. The minimum Gasteiger partial charge on any atom is -0.466 e. The van der Waals surface area contributed by atoms with E-state index < -0.39 is 0 Å². The van der Waals surface area contributed by atoms with Crippen molar-refractivity contribution in [3.8, 4) is 11.8 Å². The van der Waals surface area contributed by atoms with E-state index in [2.05, 4.69) is 15.9 Å². The van der Waals surface area contributed by atoms with Crippen molar-refractivity contribution in [2.45, 2.75) is 13.2 Å². The standard InChI is InChI=1S/C11H12BrNO3/c1-8(14-2)15-7-16-11-4-3-9(6-13)5-10(11)12/h3-5,8H,7H2,1-2H3. The van der Waals surface area contributed by atoms with Crippen molar-refractivity contribution in [3.05, 3.63) is 28.2 Å². The van der Waals surface area contributed by atoms with Crippen LogP contribution in [-0.2, 0) is 9.47 Å². The van der Waals surface area contributed by atoms with Gasteiger partial charge in [-0.1, -0.05) is 0 Å². The summed E-state index contributed by atoms with van der Waals surface area (Å²) in [6, 6.07) is 7.12. The quantitative estimate of drug-likeness (QED) is 0.781. The lowest BCUT2D eigenvalue weighted by molar-refractivity contribution is -0.149. The highest BCUT2D eigenvalue weighted by atomic mass is 79.9. The molecule has 16 heavy (non-hydrogen) atoms. The third-order valence-corrected chi connectivity index (χ3v) is 2.53. The molecular weight excluding hydrogens is 274 g/mol. The second-order valence-corrected chi connectivity index (χ2v) is 3.84. The number of hydrogen-bond donors (Lipinski definition) is 0. The Balaban J connectivity index is 2.52. The predicted molar refractivity (Wildman–Crippen MR) is 61.9 cm³/mol. The molecule has 1 aromatic rings. The molecule has 1 unspecified atom stereocenters. The lowest BCUT2D eigenvalue weighted by Crippen LogP contribution is -2.14. The Labute approximate surface area is 103 Å². The number of halogens is 1. The maximum absolute atomic E-state index is 8.68. The van der Waals surface area contributed by atoms with Crippen LogP contribution >= 0.6 is 15.9 Å². The molecule has 86 valence electrons. The molecule has 0 amide bonds. The average molecular weight is 286 g/mol. The number of nitriles is 1. The normalized spacial score (nSPS) is 11.9. The third kappa shape index (κ3) is 3.81. The highest BCUT2D eigenvalue weighted by Crippen LogP contribution is 2.25. The lowest BCUT2D eigenvalue weighted by atomic mass is 10.2. The fourth-order valence-electron chi connectivity index (χ4n) is 0.949. The molecule has 5 heteroatoms. The van der Waals surface area contributed by atoms with Gasteiger partial charge in [0.25, 0.3) is 0 Å². The van der Waals surface area contributed by atoms with Gasteiger partial charge < -0.3 is 14.2 Å². The molecule has 0 N–H and O–H groups in total. The Hall–Kier alpha value is -1.09. The van der Waals surface area contributed by atoms with Gasteiger partial charge in [-0.05, 0) is 41.1 Å². The van der Waals surface area contributed by atoms with E-state index in [0.29, 0.717) is 11.3 Å². The van der Waals surface area contributed by atoms with Crippen LogP contribution in [0.25, 0.3) is 0 Å². The van der Waals surface area contributed by atoms with Crippen molar-refractivity contribution in [3.63, 3.8) is 0 Å². The summed E-state index contributed by atoms with van der Waals surface area (Å²) in [5.41, 5.74) is 0.574. The van der Waals surface area contributed by atoms with Crippen LogP contribution in [0.2, 0.25) is 0 Å². The van der Waals surface area contributed by atoms with Gasteiger partial charge in [0.1, 0.15) is 5.75 Å². The van der Waals surface area contributed by atoms with Crippen molar-refractivity contribution >= 4 is 15.9 Å². The fourth-order valence-corrected chi connectivity index (χ4v) is 1.44. The highest BCUT2D eigenvalue weighted by Gasteiger charge is 2.04. The molecule has 0 spiro atoms. The maximum atomic E-state index is 8.68. The number of nitrogens with zero attached hydrogens (tertiary/aromatic N) is 1. The van der Waals surface area contributed by atoms with Crippen LogP contribution in [0.1, 0.15) is 12.5 Å². The largest absolute Gasteiger partial charge is 0.466 e. The summed E-state index contributed by atoms with van der Waals surface area (Å²) >= 11 is 3.31. The monoisotopic (exact) mass is 285 g/mol. The summed E-state index contributed by atoms with van der Waals surface area (Å²) in [4.78, 5) is 0. The average Bonchev–Trinajstić information content (AvgIpc) is 2.30. The van der Waals surface area contributed by atoms with Gasteiger partial charge in [0.05, 0.1) is 16.1 Å². The molecule has 0 bridgehead atoms.